The topological polar surface area (TPSA) is 63.0 Å². The van der Waals surface area contributed by atoms with Gasteiger partial charge in [0.1, 0.15) is 0 Å². The van der Waals surface area contributed by atoms with Crippen molar-refractivity contribution < 1.29 is 9.53 Å². The molecule has 0 N–H and O–H groups in total. The van der Waals surface area contributed by atoms with Crippen molar-refractivity contribution in [3.63, 3.8) is 0 Å². The minimum Gasteiger partial charge on any atom is -0.379 e. The normalized spacial score (nSPS) is 18.1. The van der Waals surface area contributed by atoms with Gasteiger partial charge in [0.15, 0.2) is 0 Å². The zero-order valence-electron chi connectivity index (χ0n) is 20.6. The molecule has 1 aromatic heterocycles. The van der Waals surface area contributed by atoms with E-state index in [0.29, 0.717) is 26.2 Å². The number of aromatic nitrogens is 2. The van der Waals surface area contributed by atoms with E-state index in [1.54, 1.807) is 5.01 Å². The largest absolute Gasteiger partial charge is 0.379 e. The molecule has 37 heavy (non-hydrogen) atoms. The van der Waals surface area contributed by atoms with Gasteiger partial charge in [0.05, 0.1) is 42.9 Å². The van der Waals surface area contributed by atoms with Crippen LogP contribution in [0.1, 0.15) is 23.6 Å². The van der Waals surface area contributed by atoms with Crippen LogP contribution in [0.4, 0.5) is 0 Å². The van der Waals surface area contributed by atoms with Crippen molar-refractivity contribution >= 4 is 11.6 Å². The standard InChI is InChI=1S/C30H29N5O2/c36-29(22-33-16-18-37-19-17-33)35-28(20-27(31-35)23-10-4-1-5-11-23)26-21-34(25-14-8-3-9-15-25)32-30(26)24-12-6-2-7-13-24/h1-15,21,28H,16-20,22H2. The number of morpholine rings is 1. The molecule has 3 aromatic carbocycles. The molecular weight excluding hydrogens is 462 g/mol. The average Bonchev–Trinajstić information content (AvgIpc) is 3.61. The first-order chi connectivity index (χ1) is 18.3. The first-order valence-corrected chi connectivity index (χ1v) is 12.7. The van der Waals surface area contributed by atoms with E-state index >= 15 is 0 Å². The molecule has 6 rings (SSSR count). The van der Waals surface area contributed by atoms with Crippen molar-refractivity contribution in [2.45, 2.75) is 12.5 Å². The molecule has 1 atom stereocenters. The predicted octanol–water partition coefficient (Wildman–Crippen LogP) is 4.55. The fourth-order valence-electron chi connectivity index (χ4n) is 4.98. The summed E-state index contributed by atoms with van der Waals surface area (Å²) in [6.07, 6.45) is 2.68. The highest BCUT2D eigenvalue weighted by molar-refractivity contribution is 6.03. The van der Waals surface area contributed by atoms with Crippen LogP contribution in [0, 0.1) is 0 Å². The second-order valence-corrected chi connectivity index (χ2v) is 9.34. The van der Waals surface area contributed by atoms with E-state index in [0.717, 1.165) is 46.9 Å². The van der Waals surface area contributed by atoms with E-state index < -0.39 is 0 Å². The Morgan fingerprint density at radius 3 is 2.14 bits per heavy atom. The second-order valence-electron chi connectivity index (χ2n) is 9.34. The lowest BCUT2D eigenvalue weighted by atomic mass is 9.96. The summed E-state index contributed by atoms with van der Waals surface area (Å²) in [7, 11) is 0. The van der Waals surface area contributed by atoms with Gasteiger partial charge in [-0.2, -0.15) is 10.2 Å². The molecule has 0 radical (unpaired) electrons. The zero-order valence-corrected chi connectivity index (χ0v) is 20.6. The van der Waals surface area contributed by atoms with Crippen LogP contribution in [0.25, 0.3) is 16.9 Å². The molecular formula is C30H29N5O2. The fraction of sp³-hybridized carbons (Fsp3) is 0.233. The van der Waals surface area contributed by atoms with Crippen LogP contribution in [0.5, 0.6) is 0 Å². The molecule has 2 aliphatic rings. The molecule has 1 amide bonds. The maximum absolute atomic E-state index is 13.7. The van der Waals surface area contributed by atoms with Gasteiger partial charge in [0.2, 0.25) is 0 Å². The Labute approximate surface area is 216 Å². The zero-order chi connectivity index (χ0) is 25.0. The van der Waals surface area contributed by atoms with E-state index in [-0.39, 0.29) is 11.9 Å². The molecule has 0 spiro atoms. The monoisotopic (exact) mass is 491 g/mol. The van der Waals surface area contributed by atoms with Gasteiger partial charge in [-0.1, -0.05) is 78.9 Å². The quantitative estimate of drug-likeness (QED) is 0.397. The third-order valence-corrected chi connectivity index (χ3v) is 6.90. The highest BCUT2D eigenvalue weighted by atomic mass is 16.5. The Balaban J connectivity index is 1.41. The van der Waals surface area contributed by atoms with Crippen molar-refractivity contribution in [2.75, 3.05) is 32.8 Å². The number of carbonyl (C=O) groups is 1. The van der Waals surface area contributed by atoms with Gasteiger partial charge in [-0.05, 0) is 17.7 Å². The molecule has 0 aliphatic carbocycles. The summed E-state index contributed by atoms with van der Waals surface area (Å²) in [6, 6.07) is 30.1. The average molecular weight is 492 g/mol. The molecule has 4 aromatic rings. The number of amides is 1. The SMILES string of the molecule is O=C(CN1CCOCC1)N1N=C(c2ccccc2)CC1c1cn(-c2ccccc2)nc1-c1ccccc1. The van der Waals surface area contributed by atoms with Gasteiger partial charge in [0, 0.05) is 36.8 Å². The van der Waals surface area contributed by atoms with Crippen LogP contribution in [0.15, 0.2) is 102 Å². The van der Waals surface area contributed by atoms with E-state index in [2.05, 4.69) is 35.4 Å². The van der Waals surface area contributed by atoms with Gasteiger partial charge < -0.3 is 4.74 Å². The Bertz CT molecular complexity index is 1380. The molecule has 1 saturated heterocycles. The predicted molar refractivity (Wildman–Crippen MR) is 143 cm³/mol. The Morgan fingerprint density at radius 1 is 0.838 bits per heavy atom. The highest BCUT2D eigenvalue weighted by Gasteiger charge is 2.36. The third-order valence-electron chi connectivity index (χ3n) is 6.90. The summed E-state index contributed by atoms with van der Waals surface area (Å²) >= 11 is 0. The number of hydrogen-bond acceptors (Lipinski definition) is 5. The van der Waals surface area contributed by atoms with E-state index in [1.807, 2.05) is 71.4 Å². The molecule has 1 unspecified atom stereocenters. The van der Waals surface area contributed by atoms with Crippen LogP contribution in [-0.2, 0) is 9.53 Å². The molecule has 7 nitrogen and oxygen atoms in total. The van der Waals surface area contributed by atoms with Crippen LogP contribution in [-0.4, -0.2) is 64.2 Å². The lowest BCUT2D eigenvalue weighted by Gasteiger charge is -2.29. The summed E-state index contributed by atoms with van der Waals surface area (Å²) in [5.41, 5.74) is 5.78. The van der Waals surface area contributed by atoms with Crippen molar-refractivity contribution in [1.29, 1.82) is 0 Å². The van der Waals surface area contributed by atoms with Gasteiger partial charge in [-0.15, -0.1) is 0 Å². The van der Waals surface area contributed by atoms with E-state index in [9.17, 15) is 4.79 Å². The van der Waals surface area contributed by atoms with Crippen molar-refractivity contribution in [3.8, 4) is 16.9 Å². The van der Waals surface area contributed by atoms with Gasteiger partial charge in [0.25, 0.3) is 5.91 Å². The number of hydrazone groups is 1. The van der Waals surface area contributed by atoms with Crippen LogP contribution in [0.2, 0.25) is 0 Å². The summed E-state index contributed by atoms with van der Waals surface area (Å²) in [4.78, 5) is 15.9. The summed E-state index contributed by atoms with van der Waals surface area (Å²) in [5.74, 6) is -0.00990. The maximum Gasteiger partial charge on any atom is 0.257 e. The molecule has 3 heterocycles. The number of rotatable bonds is 6. The minimum atomic E-state index is -0.253. The highest BCUT2D eigenvalue weighted by Crippen LogP contribution is 2.38. The first-order valence-electron chi connectivity index (χ1n) is 12.7. The Kier molecular flexibility index (Phi) is 6.62. The molecule has 1 fully saturated rings. The lowest BCUT2D eigenvalue weighted by molar-refractivity contribution is -0.135. The smallest absolute Gasteiger partial charge is 0.257 e. The summed E-state index contributed by atoms with van der Waals surface area (Å²) in [6.45, 7) is 3.12. The third kappa shape index (κ3) is 4.96. The number of hydrogen-bond donors (Lipinski definition) is 0. The number of ether oxygens (including phenoxy) is 1. The fourth-order valence-corrected chi connectivity index (χ4v) is 4.98. The molecule has 0 saturated carbocycles. The van der Waals surface area contributed by atoms with E-state index in [4.69, 9.17) is 14.9 Å². The van der Waals surface area contributed by atoms with Crippen molar-refractivity contribution in [1.82, 2.24) is 19.7 Å². The van der Waals surface area contributed by atoms with Crippen molar-refractivity contribution in [3.05, 3.63) is 108 Å². The minimum absolute atomic E-state index is 0.00990. The number of benzene rings is 3. The Hall–Kier alpha value is -4.07. The van der Waals surface area contributed by atoms with Crippen LogP contribution >= 0.6 is 0 Å². The maximum atomic E-state index is 13.7. The van der Waals surface area contributed by atoms with Gasteiger partial charge >= 0.3 is 0 Å². The van der Waals surface area contributed by atoms with Gasteiger partial charge in [-0.3, -0.25) is 9.69 Å². The Morgan fingerprint density at radius 2 is 1.46 bits per heavy atom. The molecule has 0 bridgehead atoms. The van der Waals surface area contributed by atoms with Crippen molar-refractivity contribution in [2.24, 2.45) is 5.10 Å². The molecule has 2 aliphatic heterocycles. The van der Waals surface area contributed by atoms with Crippen LogP contribution in [0.3, 0.4) is 0 Å². The van der Waals surface area contributed by atoms with Crippen LogP contribution < -0.4 is 0 Å². The number of para-hydroxylation sites is 1. The number of nitrogens with zero attached hydrogens (tertiary/aromatic N) is 5. The van der Waals surface area contributed by atoms with Gasteiger partial charge in [-0.25, -0.2) is 9.69 Å². The molecule has 186 valence electrons. The molecule has 7 heteroatoms. The lowest BCUT2D eigenvalue weighted by Crippen LogP contribution is -2.43. The summed E-state index contributed by atoms with van der Waals surface area (Å²) < 4.78 is 7.38. The summed E-state index contributed by atoms with van der Waals surface area (Å²) in [5, 5.41) is 11.6. The number of carbonyl (C=O) groups excluding carboxylic acids is 1. The van der Waals surface area contributed by atoms with E-state index in [1.165, 1.54) is 0 Å². The second kappa shape index (κ2) is 10.5. The first kappa shape index (κ1) is 23.3.